The largest absolute Gasteiger partial charge is 0.383 e. The highest BCUT2D eigenvalue weighted by Crippen LogP contribution is 2.28. The van der Waals surface area contributed by atoms with Gasteiger partial charge in [-0.05, 0) is 25.1 Å². The second kappa shape index (κ2) is 6.49. The molecule has 0 saturated heterocycles. The van der Waals surface area contributed by atoms with Crippen LogP contribution in [-0.4, -0.2) is 36.1 Å². The summed E-state index contributed by atoms with van der Waals surface area (Å²) in [6.07, 6.45) is -0.935. The molecule has 0 spiro atoms. The molecule has 0 saturated carbocycles. The van der Waals surface area contributed by atoms with Crippen LogP contribution in [0.4, 0.5) is 0 Å². The third-order valence-electron chi connectivity index (χ3n) is 3.06. The van der Waals surface area contributed by atoms with Crippen molar-refractivity contribution in [1.82, 2.24) is 10.3 Å². The Kier molecular flexibility index (Phi) is 4.93. The molecule has 1 atom stereocenters. The van der Waals surface area contributed by atoms with E-state index in [9.17, 15) is 9.90 Å². The predicted octanol–water partition coefficient (Wildman–Crippen LogP) is 2.36. The first-order chi connectivity index (χ1) is 9.54. The second-order valence-electron chi connectivity index (χ2n) is 4.51. The van der Waals surface area contributed by atoms with Gasteiger partial charge in [-0.3, -0.25) is 10.1 Å². The highest BCUT2D eigenvalue weighted by Gasteiger charge is 2.20. The van der Waals surface area contributed by atoms with Gasteiger partial charge in [0.05, 0.1) is 12.3 Å². The van der Waals surface area contributed by atoms with Crippen molar-refractivity contribution in [1.29, 1.82) is 0 Å². The van der Waals surface area contributed by atoms with Gasteiger partial charge in [-0.25, -0.2) is 0 Å². The molecule has 3 N–H and O–H groups in total. The maximum absolute atomic E-state index is 11.9. The summed E-state index contributed by atoms with van der Waals surface area (Å²) in [5, 5.41) is 13.9. The Hall–Kier alpha value is -1.21. The third-order valence-corrected chi connectivity index (χ3v) is 3.55. The minimum absolute atomic E-state index is 0.0862. The fraction of sp³-hybridized carbons (Fsp3) is 0.357. The number of carbonyl (C=O) groups is 1. The quantitative estimate of drug-likeness (QED) is 0.428. The van der Waals surface area contributed by atoms with Crippen LogP contribution in [0.1, 0.15) is 29.2 Å². The van der Waals surface area contributed by atoms with Gasteiger partial charge in [0.2, 0.25) is 0 Å². The zero-order chi connectivity index (χ0) is 14.7. The van der Waals surface area contributed by atoms with Gasteiger partial charge >= 0.3 is 0 Å². The molecule has 6 heteroatoms. The minimum atomic E-state index is -0.935. The zero-order valence-electron chi connectivity index (χ0n) is 11.4. The SMILES string of the molecule is COCCNC(O)c1[nH]c2ccc(Br)cc2c1C(C)=O. The van der Waals surface area contributed by atoms with E-state index in [4.69, 9.17) is 4.74 Å². The van der Waals surface area contributed by atoms with Gasteiger partial charge in [0.25, 0.3) is 0 Å². The molecule has 2 rings (SSSR count). The van der Waals surface area contributed by atoms with E-state index < -0.39 is 6.23 Å². The molecule has 1 aromatic heterocycles. The van der Waals surface area contributed by atoms with Crippen LogP contribution in [0.3, 0.4) is 0 Å². The van der Waals surface area contributed by atoms with Gasteiger partial charge in [0.1, 0.15) is 6.23 Å². The van der Waals surface area contributed by atoms with Gasteiger partial charge in [-0.15, -0.1) is 0 Å². The van der Waals surface area contributed by atoms with Crippen molar-refractivity contribution in [2.75, 3.05) is 20.3 Å². The first-order valence-electron chi connectivity index (χ1n) is 6.27. The van der Waals surface area contributed by atoms with Crippen molar-refractivity contribution < 1.29 is 14.6 Å². The van der Waals surface area contributed by atoms with E-state index in [1.54, 1.807) is 7.11 Å². The molecular formula is C14H17BrN2O3. The van der Waals surface area contributed by atoms with Crippen LogP contribution >= 0.6 is 15.9 Å². The van der Waals surface area contributed by atoms with Gasteiger partial charge in [-0.2, -0.15) is 0 Å². The van der Waals surface area contributed by atoms with Crippen LogP contribution < -0.4 is 5.32 Å². The van der Waals surface area contributed by atoms with Crippen LogP contribution in [0.15, 0.2) is 22.7 Å². The lowest BCUT2D eigenvalue weighted by atomic mass is 10.1. The molecule has 2 aromatic rings. The lowest BCUT2D eigenvalue weighted by Crippen LogP contribution is -2.26. The van der Waals surface area contributed by atoms with Crippen LogP contribution in [0.5, 0.6) is 0 Å². The molecule has 0 amide bonds. The third kappa shape index (κ3) is 3.09. The molecule has 0 aliphatic carbocycles. The van der Waals surface area contributed by atoms with E-state index in [0.717, 1.165) is 15.4 Å². The molecule has 0 radical (unpaired) electrons. The zero-order valence-corrected chi connectivity index (χ0v) is 13.0. The molecule has 108 valence electrons. The summed E-state index contributed by atoms with van der Waals surface area (Å²) in [5.41, 5.74) is 1.82. The first-order valence-corrected chi connectivity index (χ1v) is 7.06. The van der Waals surface area contributed by atoms with E-state index >= 15 is 0 Å². The van der Waals surface area contributed by atoms with Gasteiger partial charge < -0.3 is 14.8 Å². The molecule has 0 fully saturated rings. The number of carbonyl (C=O) groups excluding carboxylic acids is 1. The van der Waals surface area contributed by atoms with E-state index in [2.05, 4.69) is 26.2 Å². The summed E-state index contributed by atoms with van der Waals surface area (Å²) in [7, 11) is 1.59. The van der Waals surface area contributed by atoms with Crippen LogP contribution in [0, 0.1) is 0 Å². The molecule has 5 nitrogen and oxygen atoms in total. The molecule has 20 heavy (non-hydrogen) atoms. The van der Waals surface area contributed by atoms with E-state index in [-0.39, 0.29) is 5.78 Å². The molecule has 1 unspecified atom stereocenters. The van der Waals surface area contributed by atoms with Gasteiger partial charge in [0.15, 0.2) is 5.78 Å². The molecule has 1 heterocycles. The lowest BCUT2D eigenvalue weighted by Gasteiger charge is -2.12. The number of Topliss-reactive ketones (excluding diaryl/α,β-unsaturated/α-hetero) is 1. The highest BCUT2D eigenvalue weighted by atomic mass is 79.9. The average Bonchev–Trinajstić information content (AvgIpc) is 2.77. The summed E-state index contributed by atoms with van der Waals surface area (Å²) in [5.74, 6) is -0.0862. The number of halogens is 1. The Bertz CT molecular complexity index is 624. The summed E-state index contributed by atoms with van der Waals surface area (Å²) in [6, 6.07) is 5.63. The number of ether oxygens (including phenoxy) is 1. The second-order valence-corrected chi connectivity index (χ2v) is 5.42. The summed E-state index contributed by atoms with van der Waals surface area (Å²) < 4.78 is 5.81. The summed E-state index contributed by atoms with van der Waals surface area (Å²) in [4.78, 5) is 15.0. The number of rotatable bonds is 6. The number of benzene rings is 1. The number of aliphatic hydroxyl groups excluding tert-OH is 1. The van der Waals surface area contributed by atoms with Crippen LogP contribution in [0.2, 0.25) is 0 Å². The monoisotopic (exact) mass is 340 g/mol. The minimum Gasteiger partial charge on any atom is -0.383 e. The first kappa shape index (κ1) is 15.2. The predicted molar refractivity (Wildman–Crippen MR) is 80.8 cm³/mol. The molecule has 0 bridgehead atoms. The van der Waals surface area contributed by atoms with Crippen molar-refractivity contribution in [2.24, 2.45) is 0 Å². The number of ketones is 1. The number of aliphatic hydroxyl groups is 1. The Morgan fingerprint density at radius 1 is 1.55 bits per heavy atom. The fourth-order valence-corrected chi connectivity index (χ4v) is 2.53. The smallest absolute Gasteiger partial charge is 0.162 e. The Morgan fingerprint density at radius 3 is 2.95 bits per heavy atom. The van der Waals surface area contributed by atoms with Crippen molar-refractivity contribution in [3.8, 4) is 0 Å². The number of nitrogens with one attached hydrogen (secondary N) is 2. The maximum atomic E-state index is 11.9. The van der Waals surface area contributed by atoms with E-state index in [0.29, 0.717) is 24.4 Å². The van der Waals surface area contributed by atoms with E-state index in [1.165, 1.54) is 6.92 Å². The van der Waals surface area contributed by atoms with Crippen molar-refractivity contribution in [2.45, 2.75) is 13.2 Å². The Balaban J connectivity index is 2.41. The van der Waals surface area contributed by atoms with Crippen LogP contribution in [0.25, 0.3) is 10.9 Å². The van der Waals surface area contributed by atoms with E-state index in [1.807, 2.05) is 18.2 Å². The maximum Gasteiger partial charge on any atom is 0.162 e. The average molecular weight is 341 g/mol. The number of fused-ring (bicyclic) bond motifs is 1. The highest BCUT2D eigenvalue weighted by molar-refractivity contribution is 9.10. The van der Waals surface area contributed by atoms with Crippen LogP contribution in [-0.2, 0) is 4.74 Å². The molecule has 1 aromatic carbocycles. The number of methoxy groups -OCH3 is 1. The topological polar surface area (TPSA) is 74.3 Å². The number of aromatic nitrogens is 1. The van der Waals surface area contributed by atoms with Gasteiger partial charge in [0, 0.05) is 34.6 Å². The number of hydrogen-bond donors (Lipinski definition) is 3. The fourth-order valence-electron chi connectivity index (χ4n) is 2.17. The standard InChI is InChI=1S/C14H17BrN2O3/c1-8(18)12-10-7-9(15)3-4-11(10)17-13(12)14(19)16-5-6-20-2/h3-4,7,14,16-17,19H,5-6H2,1-2H3. The lowest BCUT2D eigenvalue weighted by molar-refractivity contribution is 0.0986. The number of H-pyrrole nitrogens is 1. The Morgan fingerprint density at radius 2 is 2.30 bits per heavy atom. The van der Waals surface area contributed by atoms with Crippen molar-refractivity contribution in [3.63, 3.8) is 0 Å². The number of aromatic amines is 1. The molecule has 0 aliphatic rings. The van der Waals surface area contributed by atoms with Gasteiger partial charge in [-0.1, -0.05) is 15.9 Å². The molecular weight excluding hydrogens is 324 g/mol. The molecule has 0 aliphatic heterocycles. The number of hydrogen-bond acceptors (Lipinski definition) is 4. The summed E-state index contributed by atoms with van der Waals surface area (Å²) in [6.45, 7) is 2.47. The van der Waals surface area contributed by atoms with Crippen molar-refractivity contribution >= 4 is 32.6 Å². The Labute approximate surface area is 125 Å². The normalized spacial score (nSPS) is 12.8. The van der Waals surface area contributed by atoms with Crippen molar-refractivity contribution in [3.05, 3.63) is 33.9 Å². The summed E-state index contributed by atoms with van der Waals surface area (Å²) >= 11 is 3.39.